The number of likely N-dealkylation sites (tertiary alicyclic amines) is 1. The van der Waals surface area contributed by atoms with E-state index in [0.717, 1.165) is 36.9 Å². The van der Waals surface area contributed by atoms with Gasteiger partial charge in [-0.2, -0.15) is 0 Å². The van der Waals surface area contributed by atoms with E-state index in [1.807, 2.05) is 49.4 Å². The molecule has 5 rings (SSSR count). The zero-order chi connectivity index (χ0) is 28.1. The van der Waals surface area contributed by atoms with Gasteiger partial charge in [0.2, 0.25) is 0 Å². The molecule has 3 heterocycles. The Balaban J connectivity index is 1.39. The number of nitrogens with two attached hydrogens (primary N) is 2. The van der Waals surface area contributed by atoms with Crippen LogP contribution in [0.15, 0.2) is 72.9 Å². The number of carbonyl (C=O) groups is 2. The van der Waals surface area contributed by atoms with Gasteiger partial charge < -0.3 is 16.9 Å². The number of primary amides is 1. The Kier molecular flexibility index (Phi) is 7.89. The van der Waals surface area contributed by atoms with Crippen LogP contribution in [0, 0.1) is 11.8 Å². The molecule has 5 N–H and O–H groups in total. The van der Waals surface area contributed by atoms with Crippen molar-refractivity contribution in [2.45, 2.75) is 32.2 Å². The first kappa shape index (κ1) is 26.7. The molecular formula is C31H31N7O2. The molecule has 202 valence electrons. The molecule has 1 saturated heterocycles. The standard InChI is InChI=1S/C31H31N7O2/c1-2-3-18-37-19-8-7-11-25(37)30-36-27(28(29(32)39)38(30)33)22-12-14-23(15-13-22)31(40)35-26-20-24(16-17-34-26)21-9-5-4-6-10-21/h4-6,9-10,12-17,20,25H,7-8,11,18-19,33H2,1H3,(H2,32,39)(H,34,35,40). The van der Waals surface area contributed by atoms with Gasteiger partial charge in [0.1, 0.15) is 17.3 Å². The molecule has 0 saturated carbocycles. The summed E-state index contributed by atoms with van der Waals surface area (Å²) >= 11 is 0. The Hall–Kier alpha value is -4.94. The summed E-state index contributed by atoms with van der Waals surface area (Å²) in [5.41, 5.74) is 9.31. The van der Waals surface area contributed by atoms with E-state index in [1.54, 1.807) is 30.5 Å². The van der Waals surface area contributed by atoms with Gasteiger partial charge in [-0.3, -0.25) is 14.5 Å². The van der Waals surface area contributed by atoms with Gasteiger partial charge in [0.05, 0.1) is 12.6 Å². The Bertz CT molecular complexity index is 1580. The molecule has 2 amide bonds. The monoisotopic (exact) mass is 533 g/mol. The number of pyridine rings is 1. The van der Waals surface area contributed by atoms with Gasteiger partial charge in [0, 0.05) is 17.3 Å². The van der Waals surface area contributed by atoms with E-state index in [0.29, 0.717) is 35.0 Å². The van der Waals surface area contributed by atoms with Gasteiger partial charge in [-0.05, 0) is 61.7 Å². The number of benzene rings is 2. The highest BCUT2D eigenvalue weighted by atomic mass is 16.2. The summed E-state index contributed by atoms with van der Waals surface area (Å²) in [4.78, 5) is 36.8. The molecule has 0 radical (unpaired) electrons. The van der Waals surface area contributed by atoms with Crippen LogP contribution in [0.2, 0.25) is 0 Å². The SMILES string of the molecule is CC#CCN1CCCCC1c1nc(-c2ccc(C(=O)Nc3cc(-c4ccccc4)ccn3)cc2)c(C(N)=O)n1N. The number of imidazole rings is 1. The van der Waals surface area contributed by atoms with E-state index < -0.39 is 5.91 Å². The molecule has 2 aromatic heterocycles. The van der Waals surface area contributed by atoms with Gasteiger partial charge in [0.15, 0.2) is 5.69 Å². The summed E-state index contributed by atoms with van der Waals surface area (Å²) in [6.45, 7) is 3.29. The number of aromatic nitrogens is 3. The van der Waals surface area contributed by atoms with Gasteiger partial charge >= 0.3 is 0 Å². The summed E-state index contributed by atoms with van der Waals surface area (Å²) < 4.78 is 1.31. The van der Waals surface area contributed by atoms with Crippen LogP contribution in [0.1, 0.15) is 58.9 Å². The normalized spacial score (nSPS) is 15.2. The number of nitrogen functional groups attached to an aromatic ring is 1. The van der Waals surface area contributed by atoms with Crippen molar-refractivity contribution in [1.82, 2.24) is 19.5 Å². The van der Waals surface area contributed by atoms with Crippen molar-refractivity contribution in [3.05, 3.63) is 90.0 Å². The fraction of sp³-hybridized carbons (Fsp3) is 0.226. The molecule has 4 aromatic rings. The molecule has 1 aliphatic rings. The molecule has 1 aliphatic heterocycles. The zero-order valence-corrected chi connectivity index (χ0v) is 22.3. The van der Waals surface area contributed by atoms with Gasteiger partial charge in [0.25, 0.3) is 11.8 Å². The van der Waals surface area contributed by atoms with Crippen LogP contribution in [-0.2, 0) is 0 Å². The number of hydrogen-bond donors (Lipinski definition) is 3. The van der Waals surface area contributed by atoms with Crippen molar-refractivity contribution in [2.24, 2.45) is 5.73 Å². The Labute approximate surface area is 233 Å². The van der Waals surface area contributed by atoms with Crippen LogP contribution in [0.5, 0.6) is 0 Å². The molecule has 0 aliphatic carbocycles. The number of anilines is 1. The van der Waals surface area contributed by atoms with Crippen LogP contribution in [0.25, 0.3) is 22.4 Å². The van der Waals surface area contributed by atoms with Crippen molar-refractivity contribution < 1.29 is 9.59 Å². The Morgan fingerprint density at radius 3 is 2.52 bits per heavy atom. The minimum atomic E-state index is -0.668. The van der Waals surface area contributed by atoms with Crippen molar-refractivity contribution in [2.75, 3.05) is 24.2 Å². The first-order valence-corrected chi connectivity index (χ1v) is 13.2. The molecule has 1 unspecified atom stereocenters. The third-order valence-corrected chi connectivity index (χ3v) is 7.07. The molecule has 40 heavy (non-hydrogen) atoms. The number of piperidine rings is 1. The van der Waals surface area contributed by atoms with Gasteiger partial charge in [-0.1, -0.05) is 54.8 Å². The highest BCUT2D eigenvalue weighted by molar-refractivity contribution is 6.04. The molecule has 0 bridgehead atoms. The van der Waals surface area contributed by atoms with Gasteiger partial charge in [-0.25, -0.2) is 14.6 Å². The van der Waals surface area contributed by atoms with Crippen LogP contribution >= 0.6 is 0 Å². The molecule has 1 fully saturated rings. The smallest absolute Gasteiger partial charge is 0.269 e. The number of nitrogens with zero attached hydrogens (tertiary/aromatic N) is 4. The quantitative estimate of drug-likeness (QED) is 0.241. The average Bonchev–Trinajstić information content (AvgIpc) is 3.34. The van der Waals surface area contributed by atoms with Crippen molar-refractivity contribution in [1.29, 1.82) is 0 Å². The first-order chi connectivity index (χ1) is 19.5. The van der Waals surface area contributed by atoms with Gasteiger partial charge in [-0.15, -0.1) is 5.92 Å². The maximum absolute atomic E-state index is 13.0. The van der Waals surface area contributed by atoms with E-state index in [2.05, 4.69) is 27.0 Å². The third-order valence-electron chi connectivity index (χ3n) is 7.07. The summed E-state index contributed by atoms with van der Waals surface area (Å²) in [5.74, 6) is 12.5. The number of nitrogens with one attached hydrogen (secondary N) is 1. The maximum atomic E-state index is 13.0. The van der Waals surface area contributed by atoms with E-state index in [9.17, 15) is 9.59 Å². The predicted molar refractivity (Wildman–Crippen MR) is 156 cm³/mol. The molecule has 1 atom stereocenters. The second-order valence-corrected chi connectivity index (χ2v) is 9.64. The third kappa shape index (κ3) is 5.58. The lowest BCUT2D eigenvalue weighted by atomic mass is 10.0. The predicted octanol–water partition coefficient (Wildman–Crippen LogP) is 4.23. The second kappa shape index (κ2) is 11.8. The summed E-state index contributed by atoms with van der Waals surface area (Å²) in [6.07, 6.45) is 4.62. The topological polar surface area (TPSA) is 132 Å². The average molecular weight is 534 g/mol. The molecule has 0 spiro atoms. The van der Waals surface area contributed by atoms with Crippen molar-refractivity contribution in [3.8, 4) is 34.2 Å². The fourth-order valence-electron chi connectivity index (χ4n) is 5.05. The first-order valence-electron chi connectivity index (χ1n) is 13.2. The molecular weight excluding hydrogens is 502 g/mol. The van der Waals surface area contributed by atoms with E-state index >= 15 is 0 Å². The van der Waals surface area contributed by atoms with Crippen LogP contribution in [0.4, 0.5) is 5.82 Å². The summed E-state index contributed by atoms with van der Waals surface area (Å²) in [7, 11) is 0. The van der Waals surface area contributed by atoms with E-state index in [-0.39, 0.29) is 17.6 Å². The van der Waals surface area contributed by atoms with E-state index in [4.69, 9.17) is 16.6 Å². The summed E-state index contributed by atoms with van der Waals surface area (Å²) in [6, 6.07) is 20.4. The van der Waals surface area contributed by atoms with Crippen LogP contribution < -0.4 is 16.9 Å². The number of carbonyl (C=O) groups excluding carboxylic acids is 2. The van der Waals surface area contributed by atoms with Crippen LogP contribution in [0.3, 0.4) is 0 Å². The van der Waals surface area contributed by atoms with Crippen LogP contribution in [-0.4, -0.2) is 44.4 Å². The second-order valence-electron chi connectivity index (χ2n) is 9.64. The Morgan fingerprint density at radius 2 is 1.80 bits per heavy atom. The minimum absolute atomic E-state index is 0.0735. The van der Waals surface area contributed by atoms with Crippen molar-refractivity contribution in [3.63, 3.8) is 0 Å². The number of amides is 2. The van der Waals surface area contributed by atoms with Crippen molar-refractivity contribution >= 4 is 17.6 Å². The van der Waals surface area contributed by atoms with E-state index in [1.165, 1.54) is 4.68 Å². The summed E-state index contributed by atoms with van der Waals surface area (Å²) in [5, 5.41) is 2.85. The fourth-order valence-corrected chi connectivity index (χ4v) is 5.05. The highest BCUT2D eigenvalue weighted by Crippen LogP contribution is 2.33. The molecule has 9 nitrogen and oxygen atoms in total. The number of rotatable bonds is 7. The minimum Gasteiger partial charge on any atom is -0.364 e. The Morgan fingerprint density at radius 1 is 1.02 bits per heavy atom. The highest BCUT2D eigenvalue weighted by Gasteiger charge is 2.31. The molecule has 9 heteroatoms. The number of hydrogen-bond acceptors (Lipinski definition) is 6. The maximum Gasteiger partial charge on any atom is 0.269 e. The molecule has 2 aromatic carbocycles. The lowest BCUT2D eigenvalue weighted by Crippen LogP contribution is -2.37. The zero-order valence-electron chi connectivity index (χ0n) is 22.3. The lowest BCUT2D eigenvalue weighted by Gasteiger charge is -2.33. The largest absolute Gasteiger partial charge is 0.364 e. The lowest BCUT2D eigenvalue weighted by molar-refractivity contribution is 0.0990.